The van der Waals surface area contributed by atoms with Gasteiger partial charge in [-0.05, 0) is 44.2 Å². The second kappa shape index (κ2) is 9.61. The second-order valence-corrected chi connectivity index (χ2v) is 9.68. The predicted octanol–water partition coefficient (Wildman–Crippen LogP) is 3.65. The number of carbonyl (C=O) groups excluding carboxylic acids is 1. The Morgan fingerprint density at radius 1 is 1.33 bits per heavy atom. The van der Waals surface area contributed by atoms with Gasteiger partial charge in [0.25, 0.3) is 5.91 Å². The smallest absolute Gasteiger partial charge is 0.279 e. The lowest BCUT2D eigenvalue weighted by Gasteiger charge is -2.11. The van der Waals surface area contributed by atoms with E-state index in [1.165, 1.54) is 18.2 Å². The Bertz CT molecular complexity index is 1040. The molecular formula is C20H25ClN4O4S. The third-order valence-corrected chi connectivity index (χ3v) is 6.33. The maximum absolute atomic E-state index is 12.9. The van der Waals surface area contributed by atoms with E-state index in [9.17, 15) is 13.2 Å². The highest BCUT2D eigenvalue weighted by molar-refractivity contribution is 7.90. The number of hydrogen-bond donors (Lipinski definition) is 1. The summed E-state index contributed by atoms with van der Waals surface area (Å²) in [6.07, 6.45) is 7.62. The number of hydrogen-bond acceptors (Lipinski definition) is 6. The Morgan fingerprint density at radius 2 is 2.07 bits per heavy atom. The van der Waals surface area contributed by atoms with Gasteiger partial charge < -0.3 is 10.2 Å². The fourth-order valence-electron chi connectivity index (χ4n) is 3.25. The molecule has 162 valence electrons. The first-order valence-corrected chi connectivity index (χ1v) is 12.1. The van der Waals surface area contributed by atoms with Crippen molar-refractivity contribution in [3.63, 3.8) is 0 Å². The van der Waals surface area contributed by atoms with Crippen molar-refractivity contribution in [1.29, 1.82) is 0 Å². The molecule has 1 aliphatic carbocycles. The molecule has 1 aromatic heterocycles. The lowest BCUT2D eigenvalue weighted by Crippen LogP contribution is -2.25. The van der Waals surface area contributed by atoms with Gasteiger partial charge in [-0.15, -0.1) is 0 Å². The third-order valence-electron chi connectivity index (χ3n) is 4.75. The van der Waals surface area contributed by atoms with Crippen LogP contribution in [0.4, 0.5) is 5.82 Å². The van der Waals surface area contributed by atoms with Crippen molar-refractivity contribution in [3.8, 4) is 0 Å². The zero-order valence-electron chi connectivity index (χ0n) is 17.0. The number of amides is 1. The first-order chi connectivity index (χ1) is 14.3. The number of aromatic nitrogens is 2. The number of rotatable bonds is 8. The lowest BCUT2D eigenvalue weighted by atomic mass is 10.1. The highest BCUT2D eigenvalue weighted by Gasteiger charge is 2.22. The van der Waals surface area contributed by atoms with Gasteiger partial charge in [-0.25, -0.2) is 8.42 Å². The van der Waals surface area contributed by atoms with E-state index in [4.69, 9.17) is 16.4 Å². The first kappa shape index (κ1) is 22.3. The van der Waals surface area contributed by atoms with Crippen molar-refractivity contribution in [3.05, 3.63) is 41.0 Å². The van der Waals surface area contributed by atoms with Gasteiger partial charge >= 0.3 is 0 Å². The van der Waals surface area contributed by atoms with E-state index in [-0.39, 0.29) is 21.7 Å². The summed E-state index contributed by atoms with van der Waals surface area (Å²) < 4.78 is 25.4. The molecule has 30 heavy (non-hydrogen) atoms. The van der Waals surface area contributed by atoms with Crippen molar-refractivity contribution in [2.24, 2.45) is 5.16 Å². The van der Waals surface area contributed by atoms with E-state index in [1.54, 1.807) is 16.9 Å². The molecule has 1 amide bonds. The molecule has 0 spiro atoms. The molecule has 0 aliphatic heterocycles. The molecule has 1 aromatic carbocycles. The summed E-state index contributed by atoms with van der Waals surface area (Å²) in [6.45, 7) is 2.78. The number of anilines is 1. The molecular weight excluding hydrogens is 428 g/mol. The number of carbonyl (C=O) groups is 1. The van der Waals surface area contributed by atoms with Gasteiger partial charge in [0.1, 0.15) is 6.10 Å². The summed E-state index contributed by atoms with van der Waals surface area (Å²) in [6, 6.07) is 5.96. The van der Waals surface area contributed by atoms with Crippen molar-refractivity contribution < 1.29 is 18.0 Å². The zero-order chi connectivity index (χ0) is 21.7. The summed E-state index contributed by atoms with van der Waals surface area (Å²) >= 11 is 6.17. The van der Waals surface area contributed by atoms with Crippen LogP contribution in [0.5, 0.6) is 0 Å². The van der Waals surface area contributed by atoms with Gasteiger partial charge in [-0.2, -0.15) is 5.10 Å². The van der Waals surface area contributed by atoms with Gasteiger partial charge in [-0.3, -0.25) is 9.48 Å². The molecule has 8 nitrogen and oxygen atoms in total. The maximum Gasteiger partial charge on any atom is 0.279 e. The number of nitrogens with one attached hydrogen (secondary N) is 1. The lowest BCUT2D eigenvalue weighted by molar-refractivity contribution is -0.110. The Balaban J connectivity index is 1.88. The second-order valence-electron chi connectivity index (χ2n) is 7.29. The van der Waals surface area contributed by atoms with Gasteiger partial charge in [-0.1, -0.05) is 29.7 Å². The van der Waals surface area contributed by atoms with E-state index < -0.39 is 15.7 Å². The first-order valence-electron chi connectivity index (χ1n) is 9.86. The van der Waals surface area contributed by atoms with Crippen molar-refractivity contribution >= 4 is 38.9 Å². The van der Waals surface area contributed by atoms with Crippen LogP contribution in [0.15, 0.2) is 40.5 Å². The average Bonchev–Trinajstić information content (AvgIpc) is 3.33. The summed E-state index contributed by atoms with van der Waals surface area (Å²) in [5, 5.41) is 11.1. The normalized spacial score (nSPS) is 15.4. The number of nitrogens with zero attached hydrogens (tertiary/aromatic N) is 3. The minimum absolute atomic E-state index is 0.00823. The van der Waals surface area contributed by atoms with Crippen molar-refractivity contribution in [1.82, 2.24) is 9.78 Å². The minimum atomic E-state index is -3.49. The summed E-state index contributed by atoms with van der Waals surface area (Å²) in [7, 11) is -3.49. The number of sulfone groups is 1. The molecule has 0 atom stereocenters. The highest BCUT2D eigenvalue weighted by Crippen LogP contribution is 2.25. The number of oxime groups is 1. The molecule has 0 radical (unpaired) electrons. The van der Waals surface area contributed by atoms with E-state index in [1.807, 2.05) is 6.92 Å². The van der Waals surface area contributed by atoms with Crippen LogP contribution in [0.2, 0.25) is 5.02 Å². The third kappa shape index (κ3) is 5.60. The molecule has 0 unspecified atom stereocenters. The predicted molar refractivity (Wildman–Crippen MR) is 116 cm³/mol. The van der Waals surface area contributed by atoms with Crippen LogP contribution in [0.25, 0.3) is 0 Å². The van der Waals surface area contributed by atoms with E-state index in [0.29, 0.717) is 11.4 Å². The monoisotopic (exact) mass is 452 g/mol. The number of halogens is 1. The molecule has 1 heterocycles. The SMILES string of the molecule is CCCn1ccc(NC(=O)/C(=N/OC2CCCC2)c2ccc(S(C)(=O)=O)c(Cl)c2)n1. The van der Waals surface area contributed by atoms with E-state index in [2.05, 4.69) is 15.6 Å². The highest BCUT2D eigenvalue weighted by atomic mass is 35.5. The summed E-state index contributed by atoms with van der Waals surface area (Å²) in [4.78, 5) is 18.5. The van der Waals surface area contributed by atoms with Crippen LogP contribution >= 0.6 is 11.6 Å². The Kier molecular flexibility index (Phi) is 7.14. The molecule has 1 aliphatic rings. The average molecular weight is 453 g/mol. The van der Waals surface area contributed by atoms with Crippen LogP contribution in [-0.2, 0) is 26.0 Å². The van der Waals surface area contributed by atoms with Gasteiger partial charge in [0, 0.05) is 30.6 Å². The van der Waals surface area contributed by atoms with Crippen LogP contribution in [-0.4, -0.2) is 42.2 Å². The molecule has 2 aromatic rings. The topological polar surface area (TPSA) is 103 Å². The molecule has 0 saturated heterocycles. The maximum atomic E-state index is 12.9. The van der Waals surface area contributed by atoms with E-state index in [0.717, 1.165) is 44.9 Å². The molecule has 1 saturated carbocycles. The Morgan fingerprint density at radius 3 is 2.70 bits per heavy atom. The zero-order valence-corrected chi connectivity index (χ0v) is 18.5. The summed E-state index contributed by atoms with van der Waals surface area (Å²) in [5.41, 5.74) is 0.366. The van der Waals surface area contributed by atoms with Crippen molar-refractivity contribution in [2.45, 2.75) is 56.6 Å². The number of aryl methyl sites for hydroxylation is 1. The van der Waals surface area contributed by atoms with Crippen LogP contribution in [0, 0.1) is 0 Å². The number of benzene rings is 1. The fourth-order valence-corrected chi connectivity index (χ4v) is 4.58. The molecule has 3 rings (SSSR count). The minimum Gasteiger partial charge on any atom is -0.392 e. The molecule has 0 bridgehead atoms. The fraction of sp³-hybridized carbons (Fsp3) is 0.450. The Hall–Kier alpha value is -2.39. The Labute approximate surface area is 181 Å². The molecule has 10 heteroatoms. The van der Waals surface area contributed by atoms with Crippen LogP contribution in [0.1, 0.15) is 44.6 Å². The summed E-state index contributed by atoms with van der Waals surface area (Å²) in [5.74, 6) is -0.126. The molecule has 1 fully saturated rings. The van der Waals surface area contributed by atoms with Gasteiger partial charge in [0.15, 0.2) is 21.4 Å². The van der Waals surface area contributed by atoms with Gasteiger partial charge in [0.05, 0.1) is 9.92 Å². The standard InChI is InChI=1S/C20H25ClN4O4S/c1-3-11-25-12-10-18(23-25)22-20(26)19(24-29-15-6-4-5-7-15)14-8-9-17(16(21)13-14)30(2,27)28/h8-10,12-13,15H,3-7,11H2,1-2H3,(H,22,23,26)/b24-19+. The quantitative estimate of drug-likeness (QED) is 0.486. The largest absolute Gasteiger partial charge is 0.392 e. The van der Waals surface area contributed by atoms with Gasteiger partial charge in [0.2, 0.25) is 0 Å². The van der Waals surface area contributed by atoms with Crippen molar-refractivity contribution in [2.75, 3.05) is 11.6 Å². The van der Waals surface area contributed by atoms with Crippen LogP contribution in [0.3, 0.4) is 0 Å². The van der Waals surface area contributed by atoms with E-state index >= 15 is 0 Å². The van der Waals surface area contributed by atoms with Crippen LogP contribution < -0.4 is 5.32 Å². The molecule has 1 N–H and O–H groups in total.